The van der Waals surface area contributed by atoms with E-state index in [1.807, 2.05) is 19.9 Å². The summed E-state index contributed by atoms with van der Waals surface area (Å²) >= 11 is 0. The summed E-state index contributed by atoms with van der Waals surface area (Å²) in [6.07, 6.45) is 3.67. The van der Waals surface area contributed by atoms with Crippen LogP contribution >= 0.6 is 0 Å². The van der Waals surface area contributed by atoms with Crippen molar-refractivity contribution >= 4 is 0 Å². The molecule has 2 nitrogen and oxygen atoms in total. The lowest BCUT2D eigenvalue weighted by molar-refractivity contribution is -0.158. The van der Waals surface area contributed by atoms with Crippen molar-refractivity contribution in [1.29, 1.82) is 0 Å². The van der Waals surface area contributed by atoms with E-state index in [1.54, 1.807) is 0 Å². The Kier molecular flexibility index (Phi) is 2.00. The quantitative estimate of drug-likeness (QED) is 0.579. The maximum Gasteiger partial charge on any atom is 0.163 e. The van der Waals surface area contributed by atoms with E-state index in [-0.39, 0.29) is 12.2 Å². The van der Waals surface area contributed by atoms with Gasteiger partial charge in [0.1, 0.15) is 0 Å². The molecule has 13 heavy (non-hydrogen) atoms. The van der Waals surface area contributed by atoms with Crippen LogP contribution in [-0.2, 0) is 9.47 Å². The van der Waals surface area contributed by atoms with E-state index in [4.69, 9.17) is 9.47 Å². The largest absolute Gasteiger partial charge is 0.344 e. The van der Waals surface area contributed by atoms with E-state index in [1.165, 1.54) is 0 Å². The minimum Gasteiger partial charge on any atom is -0.344 e. The second-order valence-electron chi connectivity index (χ2n) is 4.68. The molecular weight excluding hydrogens is 164 g/mol. The van der Waals surface area contributed by atoms with Crippen molar-refractivity contribution in [3.8, 4) is 0 Å². The van der Waals surface area contributed by atoms with Crippen LogP contribution in [0.5, 0.6) is 0 Å². The first-order chi connectivity index (χ1) is 6.03. The molecule has 0 amide bonds. The zero-order valence-electron chi connectivity index (χ0n) is 8.62. The first kappa shape index (κ1) is 9.22. The van der Waals surface area contributed by atoms with E-state index in [0.29, 0.717) is 11.8 Å². The van der Waals surface area contributed by atoms with Crippen LogP contribution in [0.2, 0.25) is 0 Å². The monoisotopic (exact) mass is 182 g/mol. The van der Waals surface area contributed by atoms with Gasteiger partial charge in [-0.1, -0.05) is 13.0 Å². The van der Waals surface area contributed by atoms with Crippen molar-refractivity contribution in [2.45, 2.75) is 45.2 Å². The lowest BCUT2D eigenvalue weighted by atomic mass is 10.1. The summed E-state index contributed by atoms with van der Waals surface area (Å²) in [7, 11) is 0. The second-order valence-corrected chi connectivity index (χ2v) is 4.68. The summed E-state index contributed by atoms with van der Waals surface area (Å²) in [5.41, 5.74) is 0. The molecule has 1 aliphatic heterocycles. The molecule has 1 saturated heterocycles. The fraction of sp³-hybridized carbons (Fsp3) is 0.818. The van der Waals surface area contributed by atoms with E-state index in [9.17, 15) is 0 Å². The predicted molar refractivity (Wildman–Crippen MR) is 51.3 cm³/mol. The summed E-state index contributed by atoms with van der Waals surface area (Å²) in [4.78, 5) is 0. The highest BCUT2D eigenvalue weighted by molar-refractivity contribution is 5.02. The molecule has 74 valence electrons. The lowest BCUT2D eigenvalue weighted by Gasteiger charge is -2.21. The van der Waals surface area contributed by atoms with Crippen molar-refractivity contribution in [2.24, 2.45) is 11.8 Å². The third-order valence-electron chi connectivity index (χ3n) is 3.09. The molecule has 0 N–H and O–H groups in total. The number of hydrogen-bond donors (Lipinski definition) is 0. The van der Waals surface area contributed by atoms with Gasteiger partial charge in [0.25, 0.3) is 0 Å². The van der Waals surface area contributed by atoms with Crippen LogP contribution in [0, 0.1) is 11.8 Å². The molecule has 0 bridgehead atoms. The number of rotatable bonds is 1. The van der Waals surface area contributed by atoms with Gasteiger partial charge in [-0.15, -0.1) is 6.58 Å². The Hall–Kier alpha value is -0.340. The second kappa shape index (κ2) is 2.82. The van der Waals surface area contributed by atoms with Crippen molar-refractivity contribution in [3.63, 3.8) is 0 Å². The lowest BCUT2D eigenvalue weighted by Crippen LogP contribution is -2.24. The first-order valence-electron chi connectivity index (χ1n) is 5.02. The molecule has 0 radical (unpaired) electrons. The first-order valence-corrected chi connectivity index (χ1v) is 5.02. The molecule has 0 aromatic rings. The zero-order valence-corrected chi connectivity index (χ0v) is 8.62. The van der Waals surface area contributed by atoms with Gasteiger partial charge in [-0.25, -0.2) is 0 Å². The van der Waals surface area contributed by atoms with E-state index < -0.39 is 5.79 Å². The average Bonchev–Trinajstić information content (AvgIpc) is 2.47. The van der Waals surface area contributed by atoms with Gasteiger partial charge < -0.3 is 9.47 Å². The Morgan fingerprint density at radius 3 is 2.54 bits per heavy atom. The van der Waals surface area contributed by atoms with Gasteiger partial charge in [-0.3, -0.25) is 0 Å². The maximum atomic E-state index is 5.85. The van der Waals surface area contributed by atoms with E-state index in [2.05, 4.69) is 13.5 Å². The molecule has 2 aliphatic rings. The van der Waals surface area contributed by atoms with Crippen LogP contribution in [0.15, 0.2) is 12.7 Å². The fourth-order valence-electron chi connectivity index (χ4n) is 2.52. The third-order valence-corrected chi connectivity index (χ3v) is 3.09. The highest BCUT2D eigenvalue weighted by Gasteiger charge is 2.51. The smallest absolute Gasteiger partial charge is 0.163 e. The summed E-state index contributed by atoms with van der Waals surface area (Å²) < 4.78 is 11.7. The molecular formula is C11H18O2. The fourth-order valence-corrected chi connectivity index (χ4v) is 2.52. The highest BCUT2D eigenvalue weighted by atomic mass is 16.8. The van der Waals surface area contributed by atoms with Crippen molar-refractivity contribution < 1.29 is 9.47 Å². The molecule has 4 atom stereocenters. The Morgan fingerprint density at radius 1 is 1.31 bits per heavy atom. The average molecular weight is 182 g/mol. The zero-order chi connectivity index (χ0) is 9.64. The van der Waals surface area contributed by atoms with E-state index >= 15 is 0 Å². The van der Waals surface area contributed by atoms with Crippen molar-refractivity contribution in [3.05, 3.63) is 12.7 Å². The Morgan fingerprint density at radius 2 is 1.92 bits per heavy atom. The Bertz CT molecular complexity index is 222. The van der Waals surface area contributed by atoms with Gasteiger partial charge in [0.05, 0.1) is 12.2 Å². The molecule has 0 unspecified atom stereocenters. The molecule has 1 heterocycles. The molecule has 2 heteroatoms. The van der Waals surface area contributed by atoms with Crippen LogP contribution in [0.4, 0.5) is 0 Å². The normalized spacial score (nSPS) is 47.6. The minimum atomic E-state index is -0.398. The van der Waals surface area contributed by atoms with Gasteiger partial charge >= 0.3 is 0 Å². The van der Waals surface area contributed by atoms with Crippen LogP contribution in [0.1, 0.15) is 27.2 Å². The molecule has 0 aromatic carbocycles. The summed E-state index contributed by atoms with van der Waals surface area (Å²) in [5, 5.41) is 0. The molecule has 1 saturated carbocycles. The SMILES string of the molecule is C=C[C@H]1C[C@H](C)[C@@H]2OC(C)(C)O[C@@H]21. The van der Waals surface area contributed by atoms with Crippen molar-refractivity contribution in [2.75, 3.05) is 0 Å². The maximum absolute atomic E-state index is 5.85. The summed E-state index contributed by atoms with van der Waals surface area (Å²) in [5.74, 6) is 0.669. The summed E-state index contributed by atoms with van der Waals surface area (Å²) in [6, 6.07) is 0. The van der Waals surface area contributed by atoms with Crippen LogP contribution in [0.3, 0.4) is 0 Å². The van der Waals surface area contributed by atoms with Gasteiger partial charge in [0.15, 0.2) is 5.79 Å². The third kappa shape index (κ3) is 1.42. The molecule has 2 rings (SSSR count). The standard InChI is InChI=1S/C11H18O2/c1-5-8-6-7(2)9-10(8)13-11(3,4)12-9/h5,7-10H,1,6H2,2-4H3/t7-,8-,9-,10+/m0/s1. The van der Waals surface area contributed by atoms with Crippen molar-refractivity contribution in [1.82, 2.24) is 0 Å². The molecule has 0 spiro atoms. The van der Waals surface area contributed by atoms with Gasteiger partial charge in [-0.2, -0.15) is 0 Å². The Balaban J connectivity index is 2.17. The van der Waals surface area contributed by atoms with Gasteiger partial charge in [-0.05, 0) is 26.2 Å². The minimum absolute atomic E-state index is 0.238. The van der Waals surface area contributed by atoms with Gasteiger partial charge in [0, 0.05) is 5.92 Å². The topological polar surface area (TPSA) is 18.5 Å². The van der Waals surface area contributed by atoms with Gasteiger partial charge in [0.2, 0.25) is 0 Å². The summed E-state index contributed by atoms with van der Waals surface area (Å²) in [6.45, 7) is 10.0. The molecule has 0 aromatic heterocycles. The molecule has 1 aliphatic carbocycles. The van der Waals surface area contributed by atoms with Crippen LogP contribution in [-0.4, -0.2) is 18.0 Å². The Labute approximate surface area is 79.9 Å². The van der Waals surface area contributed by atoms with E-state index in [0.717, 1.165) is 6.42 Å². The highest BCUT2D eigenvalue weighted by Crippen LogP contribution is 2.44. The number of ether oxygens (including phenoxy) is 2. The van der Waals surface area contributed by atoms with Crippen LogP contribution in [0.25, 0.3) is 0 Å². The predicted octanol–water partition coefficient (Wildman–Crippen LogP) is 2.35. The number of hydrogen-bond acceptors (Lipinski definition) is 2. The molecule has 2 fully saturated rings. The van der Waals surface area contributed by atoms with Crippen LogP contribution < -0.4 is 0 Å². The number of fused-ring (bicyclic) bond motifs is 1.